The highest BCUT2D eigenvalue weighted by Gasteiger charge is 2.27. The molecule has 4 rings (SSSR count). The first kappa shape index (κ1) is 20.2. The molecule has 1 aliphatic heterocycles. The Hall–Kier alpha value is -3.11. The second-order valence-corrected chi connectivity index (χ2v) is 8.14. The minimum atomic E-state index is -0.421. The summed E-state index contributed by atoms with van der Waals surface area (Å²) in [5, 5.41) is 19.9. The average Bonchev–Trinajstić information content (AvgIpc) is 3.39. The second kappa shape index (κ2) is 9.14. The fourth-order valence-corrected chi connectivity index (χ4v) is 4.10. The number of anilines is 2. The largest absolute Gasteiger partial charge is 0.464 e. The molecule has 1 amide bonds. The summed E-state index contributed by atoms with van der Waals surface area (Å²) in [6, 6.07) is 13.0. The summed E-state index contributed by atoms with van der Waals surface area (Å²) in [7, 11) is 3.74. The maximum absolute atomic E-state index is 12.8. The maximum atomic E-state index is 12.8. The molecule has 9 nitrogen and oxygen atoms in total. The van der Waals surface area contributed by atoms with E-state index in [-0.39, 0.29) is 12.0 Å². The minimum Gasteiger partial charge on any atom is -0.464 e. The Balaban J connectivity index is 1.36. The van der Waals surface area contributed by atoms with Crippen LogP contribution in [-0.2, 0) is 4.79 Å². The summed E-state index contributed by atoms with van der Waals surface area (Å²) in [6.07, 6.45) is 2.50. The predicted molar refractivity (Wildman–Crippen MR) is 115 cm³/mol. The third-order valence-corrected chi connectivity index (χ3v) is 5.54. The van der Waals surface area contributed by atoms with Crippen LogP contribution in [0.1, 0.15) is 18.0 Å². The molecule has 2 atom stereocenters. The monoisotopic (exact) mass is 425 g/mol. The topological polar surface area (TPSA) is 96.4 Å². The Morgan fingerprint density at radius 2 is 2.03 bits per heavy atom. The molecule has 0 spiro atoms. The number of carbonyl (C=O) groups is 1. The van der Waals surface area contributed by atoms with Crippen molar-refractivity contribution in [1.82, 2.24) is 25.3 Å². The molecule has 0 radical (unpaired) electrons. The number of nitrogens with one attached hydrogen (secondary N) is 1. The zero-order valence-corrected chi connectivity index (χ0v) is 17.6. The van der Waals surface area contributed by atoms with Gasteiger partial charge in [0.1, 0.15) is 12.1 Å². The van der Waals surface area contributed by atoms with Crippen LogP contribution < -0.4 is 15.0 Å². The van der Waals surface area contributed by atoms with E-state index in [0.29, 0.717) is 16.9 Å². The Kier molecular flexibility index (Phi) is 6.15. The number of hydrogen-bond acceptors (Lipinski definition) is 9. The molecule has 0 saturated carbocycles. The number of amides is 1. The Labute approximate surface area is 178 Å². The molecule has 2 aromatic heterocycles. The molecule has 0 bridgehead atoms. The highest BCUT2D eigenvalue weighted by molar-refractivity contribution is 7.17. The lowest BCUT2D eigenvalue weighted by Gasteiger charge is -2.23. The van der Waals surface area contributed by atoms with Crippen molar-refractivity contribution in [1.29, 1.82) is 0 Å². The van der Waals surface area contributed by atoms with E-state index in [2.05, 4.69) is 30.6 Å². The number of likely N-dealkylation sites (N-methyl/N-ethyl adjacent to an activating group) is 1. The van der Waals surface area contributed by atoms with E-state index in [1.54, 1.807) is 6.20 Å². The number of ether oxygens (including phenoxy) is 1. The van der Waals surface area contributed by atoms with Crippen LogP contribution in [0.3, 0.4) is 0 Å². The van der Waals surface area contributed by atoms with E-state index in [1.807, 2.05) is 61.5 Å². The highest BCUT2D eigenvalue weighted by Crippen LogP contribution is 2.28. The number of rotatable bonds is 7. The van der Waals surface area contributed by atoms with Crippen LogP contribution in [0.5, 0.6) is 5.19 Å². The molecule has 1 fully saturated rings. The zero-order chi connectivity index (χ0) is 20.9. The standard InChI is InChI=1S/C20H23N7O2S/c1-26(2)17(14-7-4-3-5-8-14)18(28)22-19-24-25-20(30-19)29-15-10-12-27(13-15)16-9-6-11-21-23-16/h3-9,11,15,17H,10,12-13H2,1-2H3,(H,22,24,28)/t15-,17?/m1/s1. The molecule has 1 aromatic carbocycles. The summed E-state index contributed by atoms with van der Waals surface area (Å²) in [4.78, 5) is 16.8. The lowest BCUT2D eigenvalue weighted by atomic mass is 10.1. The van der Waals surface area contributed by atoms with Crippen LogP contribution in [0.2, 0.25) is 0 Å². The fourth-order valence-electron chi connectivity index (χ4n) is 3.44. The molecule has 1 aliphatic rings. The van der Waals surface area contributed by atoms with E-state index in [0.717, 1.165) is 24.3 Å². The molecule has 3 aromatic rings. The van der Waals surface area contributed by atoms with E-state index in [9.17, 15) is 4.79 Å². The second-order valence-electron chi connectivity index (χ2n) is 7.20. The van der Waals surface area contributed by atoms with E-state index >= 15 is 0 Å². The van der Waals surface area contributed by atoms with Gasteiger partial charge in [-0.15, -0.1) is 10.2 Å². The molecular weight excluding hydrogens is 402 g/mol. The number of carbonyl (C=O) groups excluding carboxylic acids is 1. The van der Waals surface area contributed by atoms with Crippen molar-refractivity contribution in [3.05, 3.63) is 54.2 Å². The molecule has 10 heteroatoms. The maximum Gasteiger partial charge on any atom is 0.296 e. The quantitative estimate of drug-likeness (QED) is 0.616. The first-order chi connectivity index (χ1) is 14.6. The van der Waals surface area contributed by atoms with Crippen molar-refractivity contribution in [2.24, 2.45) is 0 Å². The van der Waals surface area contributed by atoms with Crippen LogP contribution in [0.15, 0.2) is 48.7 Å². The van der Waals surface area contributed by atoms with Gasteiger partial charge in [0, 0.05) is 19.2 Å². The normalized spacial score (nSPS) is 17.2. The van der Waals surface area contributed by atoms with Crippen LogP contribution in [0.4, 0.5) is 10.9 Å². The van der Waals surface area contributed by atoms with Gasteiger partial charge in [-0.2, -0.15) is 5.10 Å². The van der Waals surface area contributed by atoms with E-state index in [1.165, 1.54) is 11.3 Å². The molecule has 156 valence electrons. The molecule has 1 N–H and O–H groups in total. The Morgan fingerprint density at radius 1 is 1.20 bits per heavy atom. The fraction of sp³-hybridized carbons (Fsp3) is 0.350. The first-order valence-corrected chi connectivity index (χ1v) is 10.5. The number of hydrogen-bond donors (Lipinski definition) is 1. The predicted octanol–water partition coefficient (Wildman–Crippen LogP) is 2.23. The highest BCUT2D eigenvalue weighted by atomic mass is 32.1. The van der Waals surface area contributed by atoms with Crippen molar-refractivity contribution < 1.29 is 9.53 Å². The number of nitrogens with zero attached hydrogens (tertiary/aromatic N) is 6. The summed E-state index contributed by atoms with van der Waals surface area (Å²) in [6.45, 7) is 1.55. The molecular formula is C20H23N7O2S. The molecule has 3 heterocycles. The number of benzene rings is 1. The minimum absolute atomic E-state index is 0.0117. The van der Waals surface area contributed by atoms with Crippen molar-refractivity contribution in [2.45, 2.75) is 18.6 Å². The van der Waals surface area contributed by atoms with E-state index < -0.39 is 6.04 Å². The summed E-state index contributed by atoms with van der Waals surface area (Å²) < 4.78 is 5.98. The van der Waals surface area contributed by atoms with Gasteiger partial charge >= 0.3 is 0 Å². The van der Waals surface area contributed by atoms with Crippen LogP contribution in [0.25, 0.3) is 0 Å². The SMILES string of the molecule is CN(C)C(C(=O)Nc1nnc(O[C@@H]2CCN(c3cccnn3)C2)s1)c1ccccc1. The lowest BCUT2D eigenvalue weighted by Crippen LogP contribution is -2.32. The summed E-state index contributed by atoms with van der Waals surface area (Å²) in [5.74, 6) is 0.674. The van der Waals surface area contributed by atoms with Gasteiger partial charge in [-0.3, -0.25) is 15.0 Å². The van der Waals surface area contributed by atoms with Crippen LogP contribution in [-0.4, -0.2) is 64.5 Å². The molecule has 0 aliphatic carbocycles. The average molecular weight is 426 g/mol. The van der Waals surface area contributed by atoms with Crippen LogP contribution >= 0.6 is 11.3 Å². The van der Waals surface area contributed by atoms with Gasteiger partial charge in [-0.1, -0.05) is 35.4 Å². The molecule has 30 heavy (non-hydrogen) atoms. The first-order valence-electron chi connectivity index (χ1n) is 9.65. The van der Waals surface area contributed by atoms with Gasteiger partial charge in [0.25, 0.3) is 5.19 Å². The van der Waals surface area contributed by atoms with Crippen LogP contribution in [0, 0.1) is 0 Å². The number of aromatic nitrogens is 4. The summed E-state index contributed by atoms with van der Waals surface area (Å²) >= 11 is 1.23. The van der Waals surface area contributed by atoms with Gasteiger partial charge < -0.3 is 9.64 Å². The van der Waals surface area contributed by atoms with E-state index in [4.69, 9.17) is 4.74 Å². The van der Waals surface area contributed by atoms with Gasteiger partial charge in [-0.25, -0.2) is 0 Å². The van der Waals surface area contributed by atoms with Gasteiger partial charge in [0.2, 0.25) is 11.0 Å². The van der Waals surface area contributed by atoms with Crippen molar-refractivity contribution in [3.8, 4) is 5.19 Å². The van der Waals surface area contributed by atoms with Crippen molar-refractivity contribution in [3.63, 3.8) is 0 Å². The Bertz CT molecular complexity index is 968. The Morgan fingerprint density at radius 3 is 2.77 bits per heavy atom. The third kappa shape index (κ3) is 4.71. The van der Waals surface area contributed by atoms with Gasteiger partial charge in [-0.05, 0) is 43.1 Å². The molecule has 1 saturated heterocycles. The smallest absolute Gasteiger partial charge is 0.296 e. The van der Waals surface area contributed by atoms with Crippen molar-refractivity contribution in [2.75, 3.05) is 37.4 Å². The van der Waals surface area contributed by atoms with Gasteiger partial charge in [0.05, 0.1) is 6.54 Å². The zero-order valence-electron chi connectivity index (χ0n) is 16.8. The van der Waals surface area contributed by atoms with Gasteiger partial charge in [0.15, 0.2) is 5.82 Å². The van der Waals surface area contributed by atoms with Crippen molar-refractivity contribution >= 4 is 28.2 Å². The lowest BCUT2D eigenvalue weighted by molar-refractivity contribution is -0.120. The molecule has 1 unspecified atom stereocenters. The summed E-state index contributed by atoms with van der Waals surface area (Å²) in [5.41, 5.74) is 0.913. The third-order valence-electron chi connectivity index (χ3n) is 4.81.